The first-order valence-electron chi connectivity index (χ1n) is 7.56. The number of carboxylic acid groups (broad SMARTS) is 1. The van der Waals surface area contributed by atoms with E-state index in [1.54, 1.807) is 36.3 Å². The first-order chi connectivity index (χ1) is 11.0. The van der Waals surface area contributed by atoms with Crippen LogP contribution in [0.1, 0.15) is 18.4 Å². The Kier molecular flexibility index (Phi) is 5.95. The van der Waals surface area contributed by atoms with Crippen molar-refractivity contribution in [1.29, 1.82) is 0 Å². The van der Waals surface area contributed by atoms with Crippen LogP contribution in [0.4, 0.5) is 4.79 Å². The number of carbonyl (C=O) groups is 2. The summed E-state index contributed by atoms with van der Waals surface area (Å²) in [5, 5.41) is 8.79. The maximum absolute atomic E-state index is 12.1. The van der Waals surface area contributed by atoms with E-state index < -0.39 is 12.0 Å². The van der Waals surface area contributed by atoms with Crippen molar-refractivity contribution >= 4 is 12.1 Å². The van der Waals surface area contributed by atoms with Gasteiger partial charge in [-0.2, -0.15) is 0 Å². The molecular weight excluding hydrogens is 300 g/mol. The van der Waals surface area contributed by atoms with Crippen LogP contribution in [0.5, 0.6) is 5.75 Å². The van der Waals surface area contributed by atoms with Crippen molar-refractivity contribution in [3.8, 4) is 5.75 Å². The van der Waals surface area contributed by atoms with E-state index in [4.69, 9.17) is 20.3 Å². The van der Waals surface area contributed by atoms with Crippen LogP contribution in [0, 0.1) is 0 Å². The third kappa shape index (κ3) is 4.94. The molecule has 2 rings (SSSR count). The number of aliphatic carboxylic acids is 1. The van der Waals surface area contributed by atoms with Gasteiger partial charge >= 0.3 is 12.1 Å². The maximum Gasteiger partial charge on any atom is 0.415 e. The van der Waals surface area contributed by atoms with E-state index in [1.807, 2.05) is 0 Å². The number of amides is 1. The van der Waals surface area contributed by atoms with Gasteiger partial charge in [-0.25, -0.2) is 4.79 Å². The second-order valence-electron chi connectivity index (χ2n) is 5.58. The quantitative estimate of drug-likeness (QED) is 0.846. The summed E-state index contributed by atoms with van der Waals surface area (Å²) in [7, 11) is 1.68. The SMILES string of the molecule is COC1CCN(C(=O)Oc2ccc(C[C@H](N)C(=O)O)cc2)CC1. The molecule has 0 radical (unpaired) electrons. The lowest BCUT2D eigenvalue weighted by Crippen LogP contribution is -2.42. The number of methoxy groups -OCH3 is 1. The maximum atomic E-state index is 12.1. The van der Waals surface area contributed by atoms with E-state index in [0.29, 0.717) is 18.8 Å². The van der Waals surface area contributed by atoms with Crippen LogP contribution >= 0.6 is 0 Å². The highest BCUT2D eigenvalue weighted by atomic mass is 16.6. The minimum absolute atomic E-state index is 0.205. The van der Waals surface area contributed by atoms with Crippen LogP contribution in [0.2, 0.25) is 0 Å². The smallest absolute Gasteiger partial charge is 0.415 e. The van der Waals surface area contributed by atoms with Gasteiger partial charge in [-0.3, -0.25) is 4.79 Å². The molecule has 0 saturated carbocycles. The summed E-state index contributed by atoms with van der Waals surface area (Å²) >= 11 is 0. The van der Waals surface area contributed by atoms with Gasteiger partial charge in [-0.05, 0) is 37.0 Å². The van der Waals surface area contributed by atoms with E-state index in [9.17, 15) is 9.59 Å². The summed E-state index contributed by atoms with van der Waals surface area (Å²) in [6.07, 6.45) is 1.66. The highest BCUT2D eigenvalue weighted by Crippen LogP contribution is 2.17. The van der Waals surface area contributed by atoms with Crippen molar-refractivity contribution < 1.29 is 24.2 Å². The van der Waals surface area contributed by atoms with E-state index in [-0.39, 0.29) is 18.6 Å². The van der Waals surface area contributed by atoms with E-state index >= 15 is 0 Å². The highest BCUT2D eigenvalue weighted by molar-refractivity contribution is 5.73. The molecule has 1 amide bonds. The molecule has 3 N–H and O–H groups in total. The van der Waals surface area contributed by atoms with Crippen molar-refractivity contribution in [2.45, 2.75) is 31.4 Å². The van der Waals surface area contributed by atoms with Gasteiger partial charge in [0.05, 0.1) is 6.10 Å². The van der Waals surface area contributed by atoms with Gasteiger partial charge in [0.2, 0.25) is 0 Å². The number of carbonyl (C=O) groups excluding carboxylic acids is 1. The van der Waals surface area contributed by atoms with Crippen LogP contribution in [0.25, 0.3) is 0 Å². The van der Waals surface area contributed by atoms with Gasteiger partial charge in [-0.15, -0.1) is 0 Å². The molecule has 126 valence electrons. The number of ether oxygens (including phenoxy) is 2. The minimum Gasteiger partial charge on any atom is -0.480 e. The monoisotopic (exact) mass is 322 g/mol. The molecule has 1 aliphatic rings. The lowest BCUT2D eigenvalue weighted by molar-refractivity contribution is -0.138. The van der Waals surface area contributed by atoms with Crippen molar-refractivity contribution in [1.82, 2.24) is 4.90 Å². The Balaban J connectivity index is 1.86. The predicted molar refractivity (Wildman–Crippen MR) is 83.4 cm³/mol. The van der Waals surface area contributed by atoms with Gasteiger partial charge in [0, 0.05) is 20.2 Å². The third-order valence-corrected chi connectivity index (χ3v) is 3.93. The average molecular weight is 322 g/mol. The zero-order valence-electron chi connectivity index (χ0n) is 13.1. The number of hydrogen-bond donors (Lipinski definition) is 2. The zero-order valence-corrected chi connectivity index (χ0v) is 13.1. The standard InChI is InChI=1S/C16H22N2O5/c1-22-12-6-8-18(9-7-12)16(21)23-13-4-2-11(3-5-13)10-14(17)15(19)20/h2-5,12,14H,6-10,17H2,1H3,(H,19,20)/t14-/m0/s1. The fraction of sp³-hybridized carbons (Fsp3) is 0.500. The Morgan fingerprint density at radius 3 is 2.43 bits per heavy atom. The number of piperidine rings is 1. The van der Waals surface area contributed by atoms with Crippen molar-refractivity contribution in [2.24, 2.45) is 5.73 Å². The van der Waals surface area contributed by atoms with Gasteiger partial charge < -0.3 is 25.2 Å². The van der Waals surface area contributed by atoms with Crippen molar-refractivity contribution in [2.75, 3.05) is 20.2 Å². The van der Waals surface area contributed by atoms with Crippen LogP contribution in [0.15, 0.2) is 24.3 Å². The van der Waals surface area contributed by atoms with Gasteiger partial charge in [0.25, 0.3) is 0 Å². The second-order valence-corrected chi connectivity index (χ2v) is 5.58. The Hall–Kier alpha value is -2.12. The topological polar surface area (TPSA) is 102 Å². The molecule has 0 unspecified atom stereocenters. The fourth-order valence-corrected chi connectivity index (χ4v) is 2.47. The Bertz CT molecular complexity index is 538. The number of carboxylic acids is 1. The average Bonchev–Trinajstić information content (AvgIpc) is 2.56. The van der Waals surface area contributed by atoms with Crippen LogP contribution in [-0.4, -0.2) is 54.4 Å². The summed E-state index contributed by atoms with van der Waals surface area (Å²) in [4.78, 5) is 24.5. The first-order valence-corrected chi connectivity index (χ1v) is 7.56. The Morgan fingerprint density at radius 1 is 1.30 bits per heavy atom. The molecule has 1 aromatic rings. The van der Waals surface area contributed by atoms with Crippen LogP contribution < -0.4 is 10.5 Å². The van der Waals surface area contributed by atoms with Crippen molar-refractivity contribution in [3.05, 3.63) is 29.8 Å². The summed E-state index contributed by atoms with van der Waals surface area (Å²) in [5.74, 6) is -0.614. The molecule has 1 heterocycles. The molecule has 23 heavy (non-hydrogen) atoms. The molecule has 0 aromatic heterocycles. The molecular formula is C16H22N2O5. The summed E-state index contributed by atoms with van der Waals surface area (Å²) in [5.41, 5.74) is 6.26. The van der Waals surface area contributed by atoms with E-state index in [0.717, 1.165) is 18.4 Å². The van der Waals surface area contributed by atoms with Crippen LogP contribution in [0.3, 0.4) is 0 Å². The molecule has 1 aromatic carbocycles. The molecule has 1 saturated heterocycles. The molecule has 1 atom stereocenters. The van der Waals surface area contributed by atoms with Gasteiger partial charge in [-0.1, -0.05) is 12.1 Å². The molecule has 1 aliphatic heterocycles. The molecule has 7 heteroatoms. The molecule has 0 spiro atoms. The van der Waals surface area contributed by atoms with E-state index in [1.165, 1.54) is 0 Å². The lowest BCUT2D eigenvalue weighted by Gasteiger charge is -2.30. The number of nitrogens with two attached hydrogens (primary N) is 1. The zero-order chi connectivity index (χ0) is 16.8. The Morgan fingerprint density at radius 2 is 1.91 bits per heavy atom. The number of benzene rings is 1. The predicted octanol–water partition coefficient (Wildman–Crippen LogP) is 1.25. The van der Waals surface area contributed by atoms with Gasteiger partial charge in [0.15, 0.2) is 0 Å². The number of hydrogen-bond acceptors (Lipinski definition) is 5. The molecule has 7 nitrogen and oxygen atoms in total. The summed E-state index contributed by atoms with van der Waals surface area (Å²) < 4.78 is 10.6. The summed E-state index contributed by atoms with van der Waals surface area (Å²) in [6.45, 7) is 1.23. The minimum atomic E-state index is -1.04. The second kappa shape index (κ2) is 7.94. The number of rotatable bonds is 5. The highest BCUT2D eigenvalue weighted by Gasteiger charge is 2.23. The molecule has 0 aliphatic carbocycles. The molecule has 1 fully saturated rings. The lowest BCUT2D eigenvalue weighted by atomic mass is 10.1. The van der Waals surface area contributed by atoms with E-state index in [2.05, 4.69) is 0 Å². The molecule has 0 bridgehead atoms. The van der Waals surface area contributed by atoms with Crippen molar-refractivity contribution in [3.63, 3.8) is 0 Å². The first kappa shape index (κ1) is 17.2. The largest absolute Gasteiger partial charge is 0.480 e. The third-order valence-electron chi connectivity index (χ3n) is 3.93. The Labute approximate surface area is 135 Å². The number of nitrogens with zero attached hydrogens (tertiary/aromatic N) is 1. The fourth-order valence-electron chi connectivity index (χ4n) is 2.47. The number of likely N-dealkylation sites (tertiary alicyclic amines) is 1. The summed E-state index contributed by atoms with van der Waals surface area (Å²) in [6, 6.07) is 5.77. The van der Waals surface area contributed by atoms with Gasteiger partial charge in [0.1, 0.15) is 11.8 Å². The van der Waals surface area contributed by atoms with Crippen LogP contribution in [-0.2, 0) is 16.0 Å². The normalized spacial score (nSPS) is 16.9.